The maximum atomic E-state index is 12.6. The lowest BCUT2D eigenvalue weighted by Crippen LogP contribution is -2.25. The molecule has 0 saturated heterocycles. The summed E-state index contributed by atoms with van der Waals surface area (Å²) in [6.45, 7) is 6.22. The van der Waals surface area contributed by atoms with Crippen LogP contribution in [0.5, 0.6) is 0 Å². The van der Waals surface area contributed by atoms with Gasteiger partial charge >= 0.3 is 5.97 Å². The van der Waals surface area contributed by atoms with Crippen LogP contribution in [-0.2, 0) is 16.1 Å². The summed E-state index contributed by atoms with van der Waals surface area (Å²) in [6.07, 6.45) is 1.63. The maximum absolute atomic E-state index is 12.6. The average molecular weight is 465 g/mol. The molecule has 0 spiro atoms. The van der Waals surface area contributed by atoms with Gasteiger partial charge in [-0.25, -0.2) is 4.79 Å². The average Bonchev–Trinajstić information content (AvgIpc) is 3.43. The molecule has 4 aromatic rings. The minimum absolute atomic E-state index is 0.112. The predicted octanol–water partition coefficient (Wildman–Crippen LogP) is 4.22. The number of benzene rings is 2. The number of nitrogens with zero attached hydrogens (tertiary/aromatic N) is 3. The molecule has 33 heavy (non-hydrogen) atoms. The lowest BCUT2D eigenvalue weighted by atomic mass is 10.1. The van der Waals surface area contributed by atoms with Crippen molar-refractivity contribution < 1.29 is 18.7 Å². The zero-order valence-corrected chi connectivity index (χ0v) is 19.4. The summed E-state index contributed by atoms with van der Waals surface area (Å²) < 4.78 is 12.7. The molecule has 0 aliphatic carbocycles. The molecule has 0 fully saturated rings. The molecule has 1 N–H and O–H groups in total. The number of ether oxygens (including phenoxy) is 1. The topological polar surface area (TPSA) is 99.2 Å². The molecule has 9 heteroatoms. The van der Waals surface area contributed by atoms with Crippen LogP contribution in [0.1, 0.15) is 34.2 Å². The summed E-state index contributed by atoms with van der Waals surface area (Å²) in [7, 11) is 0. The molecule has 170 valence electrons. The molecule has 1 amide bonds. The third-order valence-corrected chi connectivity index (χ3v) is 6.18. The van der Waals surface area contributed by atoms with Gasteiger partial charge in [-0.2, -0.15) is 0 Å². The van der Waals surface area contributed by atoms with Crippen LogP contribution in [0.25, 0.3) is 16.7 Å². The molecule has 2 aromatic heterocycles. The second-order valence-corrected chi connectivity index (χ2v) is 8.39. The normalized spacial score (nSPS) is 11.0. The fraction of sp³-hybridized carbons (Fsp3) is 0.250. The van der Waals surface area contributed by atoms with E-state index in [0.29, 0.717) is 16.3 Å². The van der Waals surface area contributed by atoms with Gasteiger partial charge in [0, 0.05) is 23.2 Å². The van der Waals surface area contributed by atoms with Crippen LogP contribution in [0, 0.1) is 13.8 Å². The van der Waals surface area contributed by atoms with Gasteiger partial charge in [0.05, 0.1) is 12.4 Å². The van der Waals surface area contributed by atoms with Gasteiger partial charge in [-0.15, -0.1) is 10.2 Å². The van der Waals surface area contributed by atoms with Crippen molar-refractivity contribution in [2.75, 3.05) is 12.4 Å². The van der Waals surface area contributed by atoms with Crippen LogP contribution >= 0.6 is 11.8 Å². The quantitative estimate of drug-likeness (QED) is 0.308. The van der Waals surface area contributed by atoms with Gasteiger partial charge in [-0.3, -0.25) is 9.36 Å². The Morgan fingerprint density at radius 2 is 1.97 bits per heavy atom. The maximum Gasteiger partial charge on any atom is 0.374 e. The number of rotatable bonds is 8. The number of esters is 1. The van der Waals surface area contributed by atoms with Gasteiger partial charge < -0.3 is 14.5 Å². The fourth-order valence-corrected chi connectivity index (χ4v) is 4.14. The Balaban J connectivity index is 1.44. The molecule has 0 radical (unpaired) electrons. The highest BCUT2D eigenvalue weighted by molar-refractivity contribution is 7.99. The molecule has 4 rings (SSSR count). The third kappa shape index (κ3) is 4.93. The van der Waals surface area contributed by atoms with Gasteiger partial charge in [-0.05, 0) is 50.1 Å². The molecule has 0 aliphatic rings. The van der Waals surface area contributed by atoms with E-state index in [1.165, 1.54) is 22.9 Å². The highest BCUT2D eigenvalue weighted by atomic mass is 32.2. The first-order valence-electron chi connectivity index (χ1n) is 10.5. The molecular formula is C24H24N4O4S. The minimum Gasteiger partial charge on any atom is -0.460 e. The number of para-hydroxylation sites is 1. The van der Waals surface area contributed by atoms with E-state index in [9.17, 15) is 9.59 Å². The number of amides is 1. The Morgan fingerprint density at radius 3 is 2.76 bits per heavy atom. The smallest absolute Gasteiger partial charge is 0.374 e. The Bertz CT molecular complexity index is 1310. The highest BCUT2D eigenvalue weighted by Gasteiger charge is 2.22. The zero-order chi connectivity index (χ0) is 23.4. The first-order chi connectivity index (χ1) is 16.0. The monoisotopic (exact) mass is 464 g/mol. The predicted molar refractivity (Wildman–Crippen MR) is 126 cm³/mol. The molecule has 0 aliphatic heterocycles. The summed E-state index contributed by atoms with van der Waals surface area (Å²) in [6, 6.07) is 13.4. The van der Waals surface area contributed by atoms with E-state index >= 15 is 0 Å². The van der Waals surface area contributed by atoms with E-state index < -0.39 is 5.97 Å². The van der Waals surface area contributed by atoms with Gasteiger partial charge in [0.15, 0.2) is 5.16 Å². The number of nitrogens with one attached hydrogen (secondary N) is 1. The van der Waals surface area contributed by atoms with Crippen molar-refractivity contribution >= 4 is 34.6 Å². The van der Waals surface area contributed by atoms with Crippen molar-refractivity contribution in [3.63, 3.8) is 0 Å². The molecule has 2 aromatic carbocycles. The first kappa shape index (κ1) is 22.6. The van der Waals surface area contributed by atoms with E-state index in [1.807, 2.05) is 41.8 Å². The van der Waals surface area contributed by atoms with Gasteiger partial charge in [0.2, 0.25) is 11.7 Å². The summed E-state index contributed by atoms with van der Waals surface area (Å²) >= 11 is 1.29. The number of carbonyl (C=O) groups excluding carboxylic acids is 2. The van der Waals surface area contributed by atoms with E-state index in [-0.39, 0.29) is 30.6 Å². The Kier molecular flexibility index (Phi) is 6.79. The molecule has 0 saturated carbocycles. The van der Waals surface area contributed by atoms with Crippen molar-refractivity contribution in [1.29, 1.82) is 0 Å². The standard InChI is InChI=1S/C24H24N4O4S/c1-4-31-23(30)22-19(18-7-5-6-8-20(18)32-22)12-25-21(29)13-33-24-27-26-14-28(24)17-10-9-15(2)16(3)11-17/h5-11,14H,4,12-13H2,1-3H3,(H,25,29). The number of hydrogen-bond acceptors (Lipinski definition) is 7. The van der Waals surface area contributed by atoms with Gasteiger partial charge in [-0.1, -0.05) is 36.0 Å². The fourth-order valence-electron chi connectivity index (χ4n) is 3.38. The second kappa shape index (κ2) is 9.91. The first-order valence-corrected chi connectivity index (χ1v) is 11.5. The number of aryl methyl sites for hydroxylation is 2. The van der Waals surface area contributed by atoms with Crippen molar-refractivity contribution in [1.82, 2.24) is 20.1 Å². The van der Waals surface area contributed by atoms with E-state index in [0.717, 1.165) is 11.1 Å². The van der Waals surface area contributed by atoms with Crippen LogP contribution in [0.4, 0.5) is 0 Å². The van der Waals surface area contributed by atoms with Crippen LogP contribution in [0.2, 0.25) is 0 Å². The SMILES string of the molecule is CCOC(=O)c1oc2ccccc2c1CNC(=O)CSc1nncn1-c1ccc(C)c(C)c1. The van der Waals surface area contributed by atoms with Crippen LogP contribution in [0.15, 0.2) is 58.4 Å². The van der Waals surface area contributed by atoms with Gasteiger partial charge in [0.25, 0.3) is 0 Å². The van der Waals surface area contributed by atoms with E-state index in [4.69, 9.17) is 9.15 Å². The van der Waals surface area contributed by atoms with Crippen molar-refractivity contribution in [2.24, 2.45) is 0 Å². The highest BCUT2D eigenvalue weighted by Crippen LogP contribution is 2.27. The molecule has 8 nitrogen and oxygen atoms in total. The van der Waals surface area contributed by atoms with Crippen molar-refractivity contribution in [2.45, 2.75) is 32.5 Å². The summed E-state index contributed by atoms with van der Waals surface area (Å²) in [5, 5.41) is 12.4. The molecule has 2 heterocycles. The number of carbonyl (C=O) groups is 2. The third-order valence-electron chi connectivity index (χ3n) is 5.24. The van der Waals surface area contributed by atoms with E-state index in [2.05, 4.69) is 28.5 Å². The number of furan rings is 1. The lowest BCUT2D eigenvalue weighted by Gasteiger charge is -2.09. The van der Waals surface area contributed by atoms with Gasteiger partial charge in [0.1, 0.15) is 11.9 Å². The number of hydrogen-bond donors (Lipinski definition) is 1. The van der Waals surface area contributed by atoms with Crippen LogP contribution < -0.4 is 5.32 Å². The zero-order valence-electron chi connectivity index (χ0n) is 18.6. The Labute approximate surface area is 195 Å². The lowest BCUT2D eigenvalue weighted by molar-refractivity contribution is -0.118. The molecule has 0 atom stereocenters. The number of aromatic nitrogens is 3. The summed E-state index contributed by atoms with van der Waals surface area (Å²) in [5.41, 5.74) is 4.48. The Morgan fingerprint density at radius 1 is 1.15 bits per heavy atom. The second-order valence-electron chi connectivity index (χ2n) is 7.44. The van der Waals surface area contributed by atoms with Crippen LogP contribution in [-0.4, -0.2) is 39.0 Å². The minimum atomic E-state index is -0.547. The molecular weight excluding hydrogens is 440 g/mol. The van der Waals surface area contributed by atoms with E-state index in [1.54, 1.807) is 19.3 Å². The van der Waals surface area contributed by atoms with Crippen molar-refractivity contribution in [3.05, 3.63) is 71.2 Å². The number of fused-ring (bicyclic) bond motifs is 1. The largest absolute Gasteiger partial charge is 0.460 e. The Hall–Kier alpha value is -3.59. The summed E-state index contributed by atoms with van der Waals surface area (Å²) in [4.78, 5) is 24.9. The molecule has 0 bridgehead atoms. The van der Waals surface area contributed by atoms with Crippen LogP contribution in [0.3, 0.4) is 0 Å². The summed E-state index contributed by atoms with van der Waals surface area (Å²) in [5.74, 6) is -0.488. The van der Waals surface area contributed by atoms with Crippen molar-refractivity contribution in [3.8, 4) is 5.69 Å². The number of thioether (sulfide) groups is 1. The molecule has 0 unspecified atom stereocenters.